The van der Waals surface area contributed by atoms with Gasteiger partial charge in [-0.2, -0.15) is 0 Å². The summed E-state index contributed by atoms with van der Waals surface area (Å²) in [6, 6.07) is 16.3. The number of thiophene rings is 1. The molecule has 4 nitrogen and oxygen atoms in total. The van der Waals surface area contributed by atoms with Gasteiger partial charge in [-0.1, -0.05) is 55.4 Å². The fourth-order valence-electron chi connectivity index (χ4n) is 4.28. The van der Waals surface area contributed by atoms with Crippen LogP contribution in [0.3, 0.4) is 0 Å². The van der Waals surface area contributed by atoms with Gasteiger partial charge < -0.3 is 4.74 Å². The van der Waals surface area contributed by atoms with Crippen molar-refractivity contribution in [2.24, 2.45) is 0 Å². The van der Waals surface area contributed by atoms with Crippen molar-refractivity contribution in [1.29, 1.82) is 0 Å². The first kappa shape index (κ1) is 24.5. The van der Waals surface area contributed by atoms with Crippen molar-refractivity contribution in [3.05, 3.63) is 80.5 Å². The Hall–Kier alpha value is -2.22. The molecule has 0 atom stereocenters. The summed E-state index contributed by atoms with van der Waals surface area (Å²) in [5.41, 5.74) is 4.44. The Morgan fingerprint density at radius 2 is 1.83 bits per heavy atom. The van der Waals surface area contributed by atoms with E-state index in [1.807, 2.05) is 54.4 Å². The first-order chi connectivity index (χ1) is 16.7. The first-order valence-electron chi connectivity index (χ1n) is 11.9. The van der Waals surface area contributed by atoms with Crippen LogP contribution in [0, 0.1) is 6.92 Å². The summed E-state index contributed by atoms with van der Waals surface area (Å²) in [4.78, 5) is 21.3. The van der Waals surface area contributed by atoms with E-state index in [4.69, 9.17) is 9.72 Å². The number of thioether (sulfide) groups is 2. The summed E-state index contributed by atoms with van der Waals surface area (Å²) in [5, 5.41) is 1.54. The van der Waals surface area contributed by atoms with Crippen molar-refractivity contribution in [2.45, 2.75) is 68.6 Å². The van der Waals surface area contributed by atoms with Crippen molar-refractivity contribution in [2.75, 3.05) is 0 Å². The van der Waals surface area contributed by atoms with E-state index >= 15 is 0 Å². The van der Waals surface area contributed by atoms with Crippen molar-refractivity contribution in [3.8, 4) is 11.4 Å². The van der Waals surface area contributed by atoms with Crippen molar-refractivity contribution in [1.82, 2.24) is 9.55 Å². The number of aryl methyl sites for hydroxylation is 1. The molecule has 0 spiro atoms. The van der Waals surface area contributed by atoms with E-state index in [-0.39, 0.29) is 16.4 Å². The van der Waals surface area contributed by atoms with Crippen LogP contribution in [0.25, 0.3) is 15.9 Å². The number of hydrogen-bond donors (Lipinski definition) is 0. The van der Waals surface area contributed by atoms with Gasteiger partial charge in [0, 0.05) is 21.1 Å². The van der Waals surface area contributed by atoms with Crippen LogP contribution < -0.4 is 10.3 Å². The zero-order chi connectivity index (χ0) is 24.7. The van der Waals surface area contributed by atoms with Crippen molar-refractivity contribution in [3.63, 3.8) is 0 Å². The third kappa shape index (κ3) is 5.18. The summed E-state index contributed by atoms with van der Waals surface area (Å²) < 4.78 is 7.71. The number of aromatic nitrogens is 2. The van der Waals surface area contributed by atoms with E-state index in [2.05, 4.69) is 45.0 Å². The fraction of sp³-hybridized carbons (Fsp3) is 0.357. The van der Waals surface area contributed by atoms with E-state index in [0.717, 1.165) is 44.7 Å². The topological polar surface area (TPSA) is 44.1 Å². The Balaban J connectivity index is 1.56. The second-order valence-corrected chi connectivity index (χ2v) is 13.6. The molecule has 4 aromatic rings. The molecule has 5 rings (SSSR count). The van der Waals surface area contributed by atoms with Crippen LogP contribution in [0.5, 0.6) is 5.75 Å². The van der Waals surface area contributed by atoms with Crippen LogP contribution in [-0.4, -0.2) is 20.4 Å². The highest BCUT2D eigenvalue weighted by Crippen LogP contribution is 2.44. The molecular weight excluding hydrogens is 493 g/mol. The molecule has 0 aliphatic carbocycles. The number of hydrogen-bond acceptors (Lipinski definition) is 6. The van der Waals surface area contributed by atoms with E-state index in [1.165, 1.54) is 21.6 Å². The third-order valence-corrected chi connectivity index (χ3v) is 9.71. The Bertz CT molecular complexity index is 1420. The smallest absolute Gasteiger partial charge is 0.267 e. The summed E-state index contributed by atoms with van der Waals surface area (Å²) in [6.07, 6.45) is 1.05. The minimum atomic E-state index is 0.0437. The molecular formula is C28H30N2O2S3. The van der Waals surface area contributed by atoms with E-state index in [0.29, 0.717) is 0 Å². The Kier molecular flexibility index (Phi) is 6.77. The number of rotatable bonds is 6. The van der Waals surface area contributed by atoms with Crippen molar-refractivity contribution >= 4 is 45.1 Å². The standard InChI is InChI=1S/C28H30N2O2S3/c1-17(2)32-21-12-8-19(9-13-21)15-33-27-29-25-24(22-14-28(4,5)34-16-23(22)35-25)26(31)30(27)20-10-6-18(3)7-11-20/h6-13,17H,14-16H2,1-5H3. The van der Waals surface area contributed by atoms with Crippen LogP contribution >= 0.6 is 34.9 Å². The minimum Gasteiger partial charge on any atom is -0.491 e. The number of fused-ring (bicyclic) bond motifs is 3. The molecule has 2 aromatic heterocycles. The van der Waals surface area contributed by atoms with Gasteiger partial charge in [0.25, 0.3) is 5.56 Å². The normalized spacial score (nSPS) is 14.9. The molecule has 2 aromatic carbocycles. The van der Waals surface area contributed by atoms with E-state index < -0.39 is 0 Å². The summed E-state index contributed by atoms with van der Waals surface area (Å²) in [5.74, 6) is 2.54. The van der Waals surface area contributed by atoms with Gasteiger partial charge in [0.1, 0.15) is 10.6 Å². The molecule has 0 N–H and O–H groups in total. The lowest BCUT2D eigenvalue weighted by Gasteiger charge is -2.28. The average molecular weight is 523 g/mol. The van der Waals surface area contributed by atoms with Gasteiger partial charge >= 0.3 is 0 Å². The quantitative estimate of drug-likeness (QED) is 0.195. The van der Waals surface area contributed by atoms with E-state index in [9.17, 15) is 4.79 Å². The van der Waals surface area contributed by atoms with Crippen LogP contribution in [0.4, 0.5) is 0 Å². The third-order valence-electron chi connectivity index (χ3n) is 6.03. The molecule has 0 fully saturated rings. The van der Waals surface area contributed by atoms with Crippen molar-refractivity contribution < 1.29 is 4.74 Å². The number of nitrogens with zero attached hydrogens (tertiary/aromatic N) is 2. The highest BCUT2D eigenvalue weighted by Gasteiger charge is 2.31. The second kappa shape index (κ2) is 9.68. The predicted molar refractivity (Wildman–Crippen MR) is 151 cm³/mol. The monoisotopic (exact) mass is 522 g/mol. The zero-order valence-electron chi connectivity index (χ0n) is 20.8. The number of benzene rings is 2. The van der Waals surface area contributed by atoms with Gasteiger partial charge in [-0.15, -0.1) is 23.1 Å². The van der Waals surface area contributed by atoms with Crippen LogP contribution in [-0.2, 0) is 17.9 Å². The maximum atomic E-state index is 14.0. The predicted octanol–water partition coefficient (Wildman–Crippen LogP) is 7.40. The van der Waals surface area contributed by atoms with Crippen LogP contribution in [0.15, 0.2) is 58.5 Å². The number of ether oxygens (including phenoxy) is 1. The highest BCUT2D eigenvalue weighted by atomic mass is 32.2. The molecule has 0 radical (unpaired) electrons. The molecule has 0 saturated heterocycles. The van der Waals surface area contributed by atoms with Gasteiger partial charge in [-0.25, -0.2) is 4.98 Å². The van der Waals surface area contributed by atoms with Gasteiger partial charge in [0.2, 0.25) is 0 Å². The largest absolute Gasteiger partial charge is 0.491 e. The van der Waals surface area contributed by atoms with Crippen LogP contribution in [0.1, 0.15) is 49.3 Å². The Morgan fingerprint density at radius 1 is 1.11 bits per heavy atom. The van der Waals surface area contributed by atoms with E-state index in [1.54, 1.807) is 23.1 Å². The molecule has 1 aliphatic rings. The second-order valence-electron chi connectivity index (χ2n) is 9.88. The maximum Gasteiger partial charge on any atom is 0.267 e. The maximum absolute atomic E-state index is 14.0. The Morgan fingerprint density at radius 3 is 2.51 bits per heavy atom. The Labute approximate surface area is 219 Å². The zero-order valence-corrected chi connectivity index (χ0v) is 23.2. The molecule has 7 heteroatoms. The molecule has 35 heavy (non-hydrogen) atoms. The average Bonchev–Trinajstić information content (AvgIpc) is 3.16. The summed E-state index contributed by atoms with van der Waals surface area (Å²) >= 11 is 5.26. The first-order valence-corrected chi connectivity index (χ1v) is 14.7. The van der Waals surface area contributed by atoms with Crippen LogP contribution in [0.2, 0.25) is 0 Å². The van der Waals surface area contributed by atoms with Gasteiger partial charge in [0.05, 0.1) is 17.2 Å². The molecule has 3 heterocycles. The molecule has 1 aliphatic heterocycles. The van der Waals surface area contributed by atoms with Gasteiger partial charge in [-0.05, 0) is 62.6 Å². The summed E-state index contributed by atoms with van der Waals surface area (Å²) in [6.45, 7) is 10.6. The molecule has 0 amide bonds. The van der Waals surface area contributed by atoms with Gasteiger partial charge in [0.15, 0.2) is 5.16 Å². The summed E-state index contributed by atoms with van der Waals surface area (Å²) in [7, 11) is 0. The lowest BCUT2D eigenvalue weighted by Crippen LogP contribution is -2.26. The lowest BCUT2D eigenvalue weighted by atomic mass is 10.00. The SMILES string of the molecule is Cc1ccc(-n2c(SCc3ccc(OC(C)C)cc3)nc3sc4c(c3c2=O)CC(C)(C)SC4)cc1. The molecule has 182 valence electrons. The van der Waals surface area contributed by atoms with Gasteiger partial charge in [-0.3, -0.25) is 9.36 Å². The molecule has 0 bridgehead atoms. The molecule has 0 saturated carbocycles. The fourth-order valence-corrected chi connectivity index (χ4v) is 7.63. The minimum absolute atomic E-state index is 0.0437. The molecule has 0 unspecified atom stereocenters. The highest BCUT2D eigenvalue weighted by molar-refractivity contribution is 8.00. The lowest BCUT2D eigenvalue weighted by molar-refractivity contribution is 0.242.